The fraction of sp³-hybridized carbons (Fsp3) is 0.143. The Morgan fingerprint density at radius 1 is 1.21 bits per heavy atom. The van der Waals surface area contributed by atoms with E-state index in [1.807, 2.05) is 30.5 Å². The van der Waals surface area contributed by atoms with Crippen molar-refractivity contribution >= 4 is 17.6 Å². The van der Waals surface area contributed by atoms with Crippen LogP contribution >= 0.6 is 0 Å². The summed E-state index contributed by atoms with van der Waals surface area (Å²) in [4.78, 5) is 24.5. The summed E-state index contributed by atoms with van der Waals surface area (Å²) in [6.07, 6.45) is 2.57. The van der Waals surface area contributed by atoms with E-state index in [1.165, 1.54) is 6.92 Å². The number of benzene rings is 2. The van der Waals surface area contributed by atoms with Gasteiger partial charge >= 0.3 is 5.97 Å². The minimum atomic E-state index is -0.984. The van der Waals surface area contributed by atoms with Crippen molar-refractivity contribution in [3.05, 3.63) is 83.7 Å². The Morgan fingerprint density at radius 2 is 2.00 bits per heavy atom. The number of anilines is 1. The van der Waals surface area contributed by atoms with E-state index in [2.05, 4.69) is 10.4 Å². The zero-order chi connectivity index (χ0) is 19.9. The number of hydrogen-bond donors (Lipinski definition) is 1. The number of carbonyl (C=O) groups excluding carboxylic acids is 2. The van der Waals surface area contributed by atoms with Crippen molar-refractivity contribution in [2.24, 2.45) is 0 Å². The molecule has 0 radical (unpaired) electrons. The van der Waals surface area contributed by atoms with Gasteiger partial charge in [-0.3, -0.25) is 9.48 Å². The van der Waals surface area contributed by atoms with E-state index >= 15 is 0 Å². The van der Waals surface area contributed by atoms with E-state index in [9.17, 15) is 9.59 Å². The molecule has 1 N–H and O–H groups in total. The molecular formula is C21H18N4O3. The van der Waals surface area contributed by atoms with Crippen LogP contribution in [-0.2, 0) is 16.1 Å². The van der Waals surface area contributed by atoms with Crippen LogP contribution in [0.15, 0.2) is 67.0 Å². The van der Waals surface area contributed by atoms with Crippen molar-refractivity contribution in [2.45, 2.75) is 19.6 Å². The fourth-order valence-electron chi connectivity index (χ4n) is 2.52. The summed E-state index contributed by atoms with van der Waals surface area (Å²) in [6.45, 7) is 2.09. The summed E-state index contributed by atoms with van der Waals surface area (Å²) >= 11 is 0. The van der Waals surface area contributed by atoms with Crippen LogP contribution in [0.3, 0.4) is 0 Å². The maximum absolute atomic E-state index is 12.3. The molecule has 0 spiro atoms. The number of amides is 1. The predicted molar refractivity (Wildman–Crippen MR) is 102 cm³/mol. The molecule has 1 heterocycles. The summed E-state index contributed by atoms with van der Waals surface area (Å²) in [6, 6.07) is 17.3. The van der Waals surface area contributed by atoms with Crippen LogP contribution in [0, 0.1) is 11.3 Å². The average Bonchev–Trinajstić information content (AvgIpc) is 3.21. The standard InChI is InChI=1S/C21H18N4O3/c1-15(20(26)24-19-5-2-4-17(12-19)13-22)28-21(27)18-8-6-16(7-9-18)14-25-11-3-10-23-25/h2-12,15H,14H2,1H3,(H,24,26). The lowest BCUT2D eigenvalue weighted by Gasteiger charge is -2.14. The Hall–Kier alpha value is -3.92. The second kappa shape index (κ2) is 8.64. The summed E-state index contributed by atoms with van der Waals surface area (Å²) < 4.78 is 7.02. The summed E-state index contributed by atoms with van der Waals surface area (Å²) in [7, 11) is 0. The van der Waals surface area contributed by atoms with Crippen molar-refractivity contribution in [3.8, 4) is 6.07 Å². The van der Waals surface area contributed by atoms with E-state index in [-0.39, 0.29) is 0 Å². The molecule has 0 fully saturated rings. The van der Waals surface area contributed by atoms with Gasteiger partial charge in [0.15, 0.2) is 6.10 Å². The minimum Gasteiger partial charge on any atom is -0.449 e. The quantitative estimate of drug-likeness (QED) is 0.669. The molecule has 3 aromatic rings. The number of hydrogen-bond acceptors (Lipinski definition) is 5. The first-order valence-corrected chi connectivity index (χ1v) is 8.63. The van der Waals surface area contributed by atoms with Gasteiger partial charge in [-0.15, -0.1) is 0 Å². The summed E-state index contributed by atoms with van der Waals surface area (Å²) in [5, 5.41) is 15.7. The molecule has 1 atom stereocenters. The van der Waals surface area contributed by atoms with E-state index in [0.29, 0.717) is 23.4 Å². The molecular weight excluding hydrogens is 356 g/mol. The summed E-state index contributed by atoms with van der Waals surface area (Å²) in [5.74, 6) is -1.06. The molecule has 28 heavy (non-hydrogen) atoms. The number of rotatable bonds is 6. The van der Waals surface area contributed by atoms with Gasteiger partial charge in [0, 0.05) is 18.1 Å². The molecule has 140 valence electrons. The molecule has 1 aromatic heterocycles. The monoisotopic (exact) mass is 374 g/mol. The molecule has 0 saturated carbocycles. The van der Waals surface area contributed by atoms with Crippen LogP contribution in [0.5, 0.6) is 0 Å². The number of nitrogens with one attached hydrogen (secondary N) is 1. The van der Waals surface area contributed by atoms with E-state index < -0.39 is 18.0 Å². The smallest absolute Gasteiger partial charge is 0.338 e. The lowest BCUT2D eigenvalue weighted by Crippen LogP contribution is -2.30. The Kier molecular flexibility index (Phi) is 5.82. The third-order valence-corrected chi connectivity index (χ3v) is 4.01. The number of nitriles is 1. The van der Waals surface area contributed by atoms with Gasteiger partial charge in [-0.1, -0.05) is 18.2 Å². The third-order valence-electron chi connectivity index (χ3n) is 4.01. The summed E-state index contributed by atoms with van der Waals surface area (Å²) in [5.41, 5.74) is 2.24. The van der Waals surface area contributed by atoms with Crippen LogP contribution in [0.25, 0.3) is 0 Å². The highest BCUT2D eigenvalue weighted by Gasteiger charge is 2.19. The van der Waals surface area contributed by atoms with Crippen molar-refractivity contribution in [2.75, 3.05) is 5.32 Å². The van der Waals surface area contributed by atoms with Gasteiger partial charge in [-0.25, -0.2) is 4.79 Å². The zero-order valence-electron chi connectivity index (χ0n) is 15.2. The predicted octanol–water partition coefficient (Wildman–Crippen LogP) is 2.99. The highest BCUT2D eigenvalue weighted by Crippen LogP contribution is 2.12. The fourth-order valence-corrected chi connectivity index (χ4v) is 2.52. The number of ether oxygens (including phenoxy) is 1. The van der Waals surface area contributed by atoms with Crippen molar-refractivity contribution < 1.29 is 14.3 Å². The molecule has 1 unspecified atom stereocenters. The van der Waals surface area contributed by atoms with Gasteiger partial charge in [0.1, 0.15) is 0 Å². The van der Waals surface area contributed by atoms with E-state index in [4.69, 9.17) is 10.00 Å². The molecule has 0 saturated heterocycles. The number of esters is 1. The van der Waals surface area contributed by atoms with Gasteiger partial charge in [-0.05, 0) is 48.9 Å². The van der Waals surface area contributed by atoms with Gasteiger partial charge in [0.2, 0.25) is 0 Å². The first-order valence-electron chi connectivity index (χ1n) is 8.63. The van der Waals surface area contributed by atoms with Crippen LogP contribution < -0.4 is 5.32 Å². The van der Waals surface area contributed by atoms with Crippen LogP contribution in [-0.4, -0.2) is 27.8 Å². The highest BCUT2D eigenvalue weighted by atomic mass is 16.5. The van der Waals surface area contributed by atoms with Crippen molar-refractivity contribution in [1.82, 2.24) is 9.78 Å². The average molecular weight is 374 g/mol. The van der Waals surface area contributed by atoms with E-state index in [0.717, 1.165) is 5.56 Å². The Morgan fingerprint density at radius 3 is 2.68 bits per heavy atom. The lowest BCUT2D eigenvalue weighted by atomic mass is 10.1. The highest BCUT2D eigenvalue weighted by molar-refractivity contribution is 5.97. The molecule has 0 aliphatic carbocycles. The Balaban J connectivity index is 1.57. The SMILES string of the molecule is CC(OC(=O)c1ccc(Cn2cccn2)cc1)C(=O)Nc1cccc(C#N)c1. The second-order valence-corrected chi connectivity index (χ2v) is 6.13. The van der Waals surface area contributed by atoms with Gasteiger partial charge in [0.05, 0.1) is 23.7 Å². The van der Waals surface area contributed by atoms with E-state index in [1.54, 1.807) is 47.3 Å². The number of carbonyl (C=O) groups is 2. The molecule has 0 bridgehead atoms. The first kappa shape index (κ1) is 18.9. The van der Waals surface area contributed by atoms with Crippen LogP contribution in [0.4, 0.5) is 5.69 Å². The molecule has 2 aromatic carbocycles. The minimum absolute atomic E-state index is 0.357. The second-order valence-electron chi connectivity index (χ2n) is 6.13. The van der Waals surface area contributed by atoms with Crippen molar-refractivity contribution in [3.63, 3.8) is 0 Å². The largest absolute Gasteiger partial charge is 0.449 e. The van der Waals surface area contributed by atoms with Gasteiger partial charge in [-0.2, -0.15) is 10.4 Å². The Bertz CT molecular complexity index is 1000. The van der Waals surface area contributed by atoms with Crippen LogP contribution in [0.1, 0.15) is 28.4 Å². The lowest BCUT2D eigenvalue weighted by molar-refractivity contribution is -0.123. The molecule has 1 amide bonds. The molecule has 0 aliphatic rings. The number of nitrogens with zero attached hydrogens (tertiary/aromatic N) is 3. The third kappa shape index (κ3) is 4.83. The zero-order valence-corrected chi connectivity index (χ0v) is 15.2. The Labute approximate surface area is 162 Å². The maximum Gasteiger partial charge on any atom is 0.338 e. The normalized spacial score (nSPS) is 11.3. The van der Waals surface area contributed by atoms with Gasteiger partial charge < -0.3 is 10.1 Å². The first-order chi connectivity index (χ1) is 13.5. The topological polar surface area (TPSA) is 97.0 Å². The molecule has 0 aliphatic heterocycles. The van der Waals surface area contributed by atoms with Gasteiger partial charge in [0.25, 0.3) is 5.91 Å². The molecule has 7 nitrogen and oxygen atoms in total. The maximum atomic E-state index is 12.3. The van der Waals surface area contributed by atoms with Crippen LogP contribution in [0.2, 0.25) is 0 Å². The molecule has 7 heteroatoms. The number of aromatic nitrogens is 2. The molecule has 3 rings (SSSR count). The van der Waals surface area contributed by atoms with Crippen molar-refractivity contribution in [1.29, 1.82) is 5.26 Å².